The van der Waals surface area contributed by atoms with Crippen LogP contribution in [-0.2, 0) is 17.6 Å². The van der Waals surface area contributed by atoms with Crippen molar-refractivity contribution >= 4 is 5.82 Å². The van der Waals surface area contributed by atoms with Crippen molar-refractivity contribution < 1.29 is 4.74 Å². The minimum atomic E-state index is 0.338. The SMILES string of the molecule is N#Cc1cc2c(nc1N1CCOC3CCCC31)CCC2. The van der Waals surface area contributed by atoms with E-state index in [1.54, 1.807) is 0 Å². The molecule has 2 unspecified atom stereocenters. The van der Waals surface area contributed by atoms with Crippen LogP contribution in [0.25, 0.3) is 0 Å². The average Bonchev–Trinajstić information content (AvgIpc) is 3.13. The molecule has 1 aromatic heterocycles. The number of ether oxygens (including phenoxy) is 1. The maximum absolute atomic E-state index is 9.47. The van der Waals surface area contributed by atoms with Crippen LogP contribution in [0.5, 0.6) is 0 Å². The Kier molecular flexibility index (Phi) is 2.89. The predicted molar refractivity (Wildman–Crippen MR) is 75.7 cm³/mol. The normalized spacial score (nSPS) is 28.1. The summed E-state index contributed by atoms with van der Waals surface area (Å²) in [4.78, 5) is 7.20. The summed E-state index contributed by atoms with van der Waals surface area (Å²) in [5.41, 5.74) is 3.24. The topological polar surface area (TPSA) is 49.2 Å². The van der Waals surface area contributed by atoms with Gasteiger partial charge in [-0.3, -0.25) is 0 Å². The van der Waals surface area contributed by atoms with Gasteiger partial charge in [0.05, 0.1) is 24.3 Å². The molecule has 4 rings (SSSR count). The van der Waals surface area contributed by atoms with Crippen LogP contribution in [0.2, 0.25) is 0 Å². The molecule has 1 saturated heterocycles. The number of nitriles is 1. The van der Waals surface area contributed by atoms with Crippen LogP contribution >= 0.6 is 0 Å². The molecule has 0 N–H and O–H groups in total. The van der Waals surface area contributed by atoms with E-state index in [2.05, 4.69) is 17.0 Å². The number of rotatable bonds is 1. The van der Waals surface area contributed by atoms with Gasteiger partial charge in [0.2, 0.25) is 0 Å². The number of anilines is 1. The predicted octanol–water partition coefficient (Wildman–Crippen LogP) is 2.20. The minimum Gasteiger partial charge on any atom is -0.374 e. The van der Waals surface area contributed by atoms with Gasteiger partial charge in [-0.05, 0) is 50.2 Å². The average molecular weight is 269 g/mol. The van der Waals surface area contributed by atoms with Crippen LogP contribution in [0.3, 0.4) is 0 Å². The molecule has 0 spiro atoms. The Morgan fingerprint density at radius 1 is 1.30 bits per heavy atom. The van der Waals surface area contributed by atoms with Crippen molar-refractivity contribution in [1.29, 1.82) is 5.26 Å². The Morgan fingerprint density at radius 3 is 3.15 bits per heavy atom. The zero-order valence-corrected chi connectivity index (χ0v) is 11.6. The van der Waals surface area contributed by atoms with Crippen LogP contribution in [0, 0.1) is 11.3 Å². The largest absolute Gasteiger partial charge is 0.374 e. The number of aromatic nitrogens is 1. The van der Waals surface area contributed by atoms with E-state index in [0.717, 1.165) is 50.2 Å². The van der Waals surface area contributed by atoms with E-state index in [4.69, 9.17) is 9.72 Å². The van der Waals surface area contributed by atoms with Gasteiger partial charge in [-0.2, -0.15) is 5.26 Å². The molecule has 2 aliphatic carbocycles. The van der Waals surface area contributed by atoms with Gasteiger partial charge in [-0.15, -0.1) is 0 Å². The number of morpholine rings is 1. The van der Waals surface area contributed by atoms with Gasteiger partial charge in [0.25, 0.3) is 0 Å². The highest BCUT2D eigenvalue weighted by molar-refractivity contribution is 5.58. The Hall–Kier alpha value is -1.60. The Labute approximate surface area is 119 Å². The zero-order chi connectivity index (χ0) is 13.5. The third-order valence-corrected chi connectivity index (χ3v) is 4.91. The summed E-state index contributed by atoms with van der Waals surface area (Å²) >= 11 is 0. The highest BCUT2D eigenvalue weighted by atomic mass is 16.5. The first-order chi connectivity index (χ1) is 9.86. The monoisotopic (exact) mass is 269 g/mol. The lowest BCUT2D eigenvalue weighted by Gasteiger charge is -2.39. The number of fused-ring (bicyclic) bond motifs is 2. The van der Waals surface area contributed by atoms with Gasteiger partial charge in [0.15, 0.2) is 0 Å². The molecule has 0 aromatic carbocycles. The number of pyridine rings is 1. The van der Waals surface area contributed by atoms with Crippen LogP contribution in [-0.4, -0.2) is 30.3 Å². The summed E-state index contributed by atoms with van der Waals surface area (Å²) in [6.07, 6.45) is 7.18. The molecule has 0 bridgehead atoms. The molecule has 104 valence electrons. The van der Waals surface area contributed by atoms with Crippen molar-refractivity contribution in [3.8, 4) is 6.07 Å². The van der Waals surface area contributed by atoms with Crippen LogP contribution in [0.15, 0.2) is 6.07 Å². The minimum absolute atomic E-state index is 0.338. The van der Waals surface area contributed by atoms with Gasteiger partial charge in [-0.1, -0.05) is 0 Å². The summed E-state index contributed by atoms with van der Waals surface area (Å²) in [7, 11) is 0. The van der Waals surface area contributed by atoms with Crippen molar-refractivity contribution in [2.75, 3.05) is 18.1 Å². The molecule has 1 aromatic rings. The third-order valence-electron chi connectivity index (χ3n) is 4.91. The lowest BCUT2D eigenvalue weighted by atomic mass is 10.1. The molecule has 2 fully saturated rings. The fourth-order valence-electron chi connectivity index (χ4n) is 3.95. The number of aryl methyl sites for hydroxylation is 2. The fraction of sp³-hybridized carbons (Fsp3) is 0.625. The Balaban J connectivity index is 1.75. The van der Waals surface area contributed by atoms with Crippen molar-refractivity contribution in [2.24, 2.45) is 0 Å². The van der Waals surface area contributed by atoms with E-state index in [-0.39, 0.29) is 0 Å². The molecule has 20 heavy (non-hydrogen) atoms. The molecular formula is C16H19N3O. The van der Waals surface area contributed by atoms with Crippen LogP contribution in [0.4, 0.5) is 5.82 Å². The second-order valence-corrected chi connectivity index (χ2v) is 6.03. The summed E-state index contributed by atoms with van der Waals surface area (Å²) in [6.45, 7) is 1.62. The summed E-state index contributed by atoms with van der Waals surface area (Å²) in [6, 6.07) is 4.85. The van der Waals surface area contributed by atoms with E-state index in [1.807, 2.05) is 0 Å². The molecule has 2 atom stereocenters. The Morgan fingerprint density at radius 2 is 2.25 bits per heavy atom. The van der Waals surface area contributed by atoms with Gasteiger partial charge in [-0.25, -0.2) is 4.98 Å². The first-order valence-corrected chi connectivity index (χ1v) is 7.68. The van der Waals surface area contributed by atoms with Crippen molar-refractivity contribution in [3.63, 3.8) is 0 Å². The van der Waals surface area contributed by atoms with Gasteiger partial charge in [0.1, 0.15) is 11.9 Å². The molecule has 4 heteroatoms. The van der Waals surface area contributed by atoms with Crippen LogP contribution in [0.1, 0.15) is 42.5 Å². The van der Waals surface area contributed by atoms with E-state index in [1.165, 1.54) is 24.1 Å². The third kappa shape index (κ3) is 1.81. The standard InChI is InChI=1S/C16H19N3O/c17-10-12-9-11-3-1-4-13(11)18-16(12)19-7-8-20-15-6-2-5-14(15)19/h9,14-15H,1-8H2. The number of hydrogen-bond acceptors (Lipinski definition) is 4. The van der Waals surface area contributed by atoms with Crippen molar-refractivity contribution in [2.45, 2.75) is 50.7 Å². The molecular weight excluding hydrogens is 250 g/mol. The number of nitrogens with zero attached hydrogens (tertiary/aromatic N) is 3. The second kappa shape index (κ2) is 4.75. The van der Waals surface area contributed by atoms with Gasteiger partial charge < -0.3 is 9.64 Å². The highest BCUT2D eigenvalue weighted by Crippen LogP contribution is 2.35. The first-order valence-electron chi connectivity index (χ1n) is 7.68. The molecule has 1 aliphatic heterocycles. The molecule has 4 nitrogen and oxygen atoms in total. The summed E-state index contributed by atoms with van der Waals surface area (Å²) in [5.74, 6) is 0.911. The van der Waals surface area contributed by atoms with E-state index >= 15 is 0 Å². The van der Waals surface area contributed by atoms with Gasteiger partial charge >= 0.3 is 0 Å². The maximum Gasteiger partial charge on any atom is 0.147 e. The first kappa shape index (κ1) is 12.2. The molecule has 0 amide bonds. The quantitative estimate of drug-likeness (QED) is 0.784. The highest BCUT2D eigenvalue weighted by Gasteiger charge is 2.37. The van der Waals surface area contributed by atoms with Crippen molar-refractivity contribution in [1.82, 2.24) is 4.98 Å². The zero-order valence-electron chi connectivity index (χ0n) is 11.6. The molecule has 1 saturated carbocycles. The lowest BCUT2D eigenvalue weighted by Crippen LogP contribution is -2.49. The lowest BCUT2D eigenvalue weighted by molar-refractivity contribution is 0.0253. The van der Waals surface area contributed by atoms with Crippen molar-refractivity contribution in [3.05, 3.63) is 22.9 Å². The fourth-order valence-corrected chi connectivity index (χ4v) is 3.95. The summed E-state index contributed by atoms with van der Waals surface area (Å²) < 4.78 is 5.87. The summed E-state index contributed by atoms with van der Waals surface area (Å²) in [5, 5.41) is 9.47. The van der Waals surface area contributed by atoms with Gasteiger partial charge in [0, 0.05) is 12.2 Å². The maximum atomic E-state index is 9.47. The smallest absolute Gasteiger partial charge is 0.147 e. The van der Waals surface area contributed by atoms with E-state index < -0.39 is 0 Å². The van der Waals surface area contributed by atoms with E-state index in [9.17, 15) is 5.26 Å². The van der Waals surface area contributed by atoms with Crippen LogP contribution < -0.4 is 4.90 Å². The Bertz CT molecular complexity index is 578. The molecule has 2 heterocycles. The van der Waals surface area contributed by atoms with E-state index in [0.29, 0.717) is 12.1 Å². The molecule has 0 radical (unpaired) electrons. The molecule has 3 aliphatic rings. The number of hydrogen-bond donors (Lipinski definition) is 0. The second-order valence-electron chi connectivity index (χ2n) is 6.03.